The molecule has 0 aliphatic rings. The van der Waals surface area contributed by atoms with Crippen molar-refractivity contribution < 1.29 is 9.76 Å². The highest BCUT2D eigenvalue weighted by atomic mass is 16.8. The third kappa shape index (κ3) is 2.66. The summed E-state index contributed by atoms with van der Waals surface area (Å²) in [6.45, 7) is 1.94. The summed E-state index contributed by atoms with van der Waals surface area (Å²) >= 11 is 0. The standard InChI is InChI=1S/C14H15N2O2/c1-11-10-13(16(17)18-2)8-9-14(11)15-12-6-4-3-5-7-12/h3-10,15H,1-2H3/q+1. The van der Waals surface area contributed by atoms with Crippen LogP contribution in [-0.2, 0) is 4.84 Å². The zero-order valence-corrected chi connectivity index (χ0v) is 10.4. The fourth-order valence-corrected chi connectivity index (χ4v) is 1.68. The molecule has 4 nitrogen and oxygen atoms in total. The van der Waals surface area contributed by atoms with E-state index in [9.17, 15) is 4.91 Å². The molecule has 0 saturated heterocycles. The Morgan fingerprint density at radius 1 is 1.11 bits per heavy atom. The van der Waals surface area contributed by atoms with Crippen molar-refractivity contribution in [2.24, 2.45) is 0 Å². The number of benzene rings is 2. The summed E-state index contributed by atoms with van der Waals surface area (Å²) in [6, 6.07) is 15.2. The monoisotopic (exact) mass is 243 g/mol. The molecule has 0 unspecified atom stereocenters. The Balaban J connectivity index is 2.23. The Kier molecular flexibility index (Phi) is 3.57. The lowest BCUT2D eigenvalue weighted by Crippen LogP contribution is -1.99. The highest BCUT2D eigenvalue weighted by Crippen LogP contribution is 2.24. The van der Waals surface area contributed by atoms with Crippen LogP contribution in [0.15, 0.2) is 48.5 Å². The van der Waals surface area contributed by atoms with Gasteiger partial charge in [-0.25, -0.2) is 4.84 Å². The van der Waals surface area contributed by atoms with E-state index in [0.29, 0.717) is 10.6 Å². The van der Waals surface area contributed by atoms with Gasteiger partial charge in [-0.1, -0.05) is 18.2 Å². The molecule has 18 heavy (non-hydrogen) atoms. The van der Waals surface area contributed by atoms with E-state index in [4.69, 9.17) is 0 Å². The predicted molar refractivity (Wildman–Crippen MR) is 71.2 cm³/mol. The van der Waals surface area contributed by atoms with Crippen LogP contribution in [0.3, 0.4) is 0 Å². The van der Waals surface area contributed by atoms with E-state index in [2.05, 4.69) is 10.2 Å². The number of rotatable bonds is 4. The minimum Gasteiger partial charge on any atom is -0.355 e. The van der Waals surface area contributed by atoms with Gasteiger partial charge in [0.2, 0.25) is 0 Å². The first kappa shape index (κ1) is 12.1. The zero-order valence-electron chi connectivity index (χ0n) is 10.4. The summed E-state index contributed by atoms with van der Waals surface area (Å²) in [7, 11) is 1.35. The van der Waals surface area contributed by atoms with E-state index in [-0.39, 0.29) is 0 Å². The second-order valence-electron chi connectivity index (χ2n) is 3.93. The molecule has 0 aliphatic carbocycles. The van der Waals surface area contributed by atoms with Crippen molar-refractivity contribution in [3.05, 3.63) is 59.0 Å². The smallest absolute Gasteiger partial charge is 0.317 e. The summed E-state index contributed by atoms with van der Waals surface area (Å²) in [4.78, 5) is 16.4. The molecular weight excluding hydrogens is 228 g/mol. The molecular formula is C14H15N2O2+. The normalized spacial score (nSPS) is 9.89. The van der Waals surface area contributed by atoms with E-state index in [1.165, 1.54) is 7.11 Å². The summed E-state index contributed by atoms with van der Waals surface area (Å²) in [5.74, 6) is 0. The SMILES string of the molecule is CO[N+](=O)c1ccc(Nc2ccccc2)c(C)c1. The molecule has 0 aliphatic heterocycles. The maximum atomic E-state index is 11.3. The largest absolute Gasteiger partial charge is 0.355 e. The first-order valence-electron chi connectivity index (χ1n) is 5.65. The highest BCUT2D eigenvalue weighted by Gasteiger charge is 2.15. The molecule has 0 bridgehead atoms. The van der Waals surface area contributed by atoms with Crippen molar-refractivity contribution in [1.82, 2.24) is 0 Å². The second-order valence-corrected chi connectivity index (χ2v) is 3.93. The van der Waals surface area contributed by atoms with E-state index >= 15 is 0 Å². The van der Waals surface area contributed by atoms with Gasteiger partial charge in [-0.05, 0) is 30.7 Å². The average Bonchev–Trinajstić information content (AvgIpc) is 2.41. The molecule has 2 rings (SSSR count). The Morgan fingerprint density at radius 3 is 2.44 bits per heavy atom. The number of aryl methyl sites for hydroxylation is 1. The van der Waals surface area contributed by atoms with Crippen molar-refractivity contribution in [3.63, 3.8) is 0 Å². The van der Waals surface area contributed by atoms with Crippen LogP contribution in [0.25, 0.3) is 0 Å². The van der Waals surface area contributed by atoms with Crippen molar-refractivity contribution >= 4 is 17.1 Å². The molecule has 0 atom stereocenters. The second kappa shape index (κ2) is 5.31. The lowest BCUT2D eigenvalue weighted by molar-refractivity contribution is -0.736. The molecule has 92 valence electrons. The molecule has 0 aromatic heterocycles. The van der Waals surface area contributed by atoms with Gasteiger partial charge in [0.05, 0.1) is 4.91 Å². The van der Waals surface area contributed by atoms with Crippen LogP contribution in [0.2, 0.25) is 0 Å². The van der Waals surface area contributed by atoms with E-state index in [0.717, 1.165) is 16.9 Å². The van der Waals surface area contributed by atoms with Gasteiger partial charge in [-0.3, -0.25) is 0 Å². The summed E-state index contributed by atoms with van der Waals surface area (Å²) in [5, 5.41) is 3.29. The minimum atomic E-state index is 0.480. The Bertz CT molecular complexity index is 553. The van der Waals surface area contributed by atoms with Crippen LogP contribution < -0.4 is 5.32 Å². The highest BCUT2D eigenvalue weighted by molar-refractivity contribution is 5.64. The first-order valence-corrected chi connectivity index (χ1v) is 5.65. The van der Waals surface area contributed by atoms with Gasteiger partial charge >= 0.3 is 5.69 Å². The Hall–Kier alpha value is -2.36. The van der Waals surface area contributed by atoms with Gasteiger partial charge in [-0.2, -0.15) is 0 Å². The van der Waals surface area contributed by atoms with Crippen molar-refractivity contribution in [2.45, 2.75) is 6.92 Å². The summed E-state index contributed by atoms with van der Waals surface area (Å²) in [5.41, 5.74) is 3.44. The average molecular weight is 243 g/mol. The quantitative estimate of drug-likeness (QED) is 0.832. The van der Waals surface area contributed by atoms with Crippen LogP contribution in [0.1, 0.15) is 5.56 Å². The van der Waals surface area contributed by atoms with Crippen molar-refractivity contribution in [3.8, 4) is 0 Å². The molecule has 1 N–H and O–H groups in total. The molecule has 0 amide bonds. The first-order chi connectivity index (χ1) is 8.70. The van der Waals surface area contributed by atoms with E-state index in [1.54, 1.807) is 12.1 Å². The lowest BCUT2D eigenvalue weighted by Gasteiger charge is -2.08. The molecule has 0 radical (unpaired) electrons. The molecule has 2 aromatic rings. The number of hydrogen-bond acceptors (Lipinski definition) is 3. The maximum absolute atomic E-state index is 11.3. The molecule has 0 saturated carbocycles. The maximum Gasteiger partial charge on any atom is 0.317 e. The molecule has 2 aromatic carbocycles. The van der Waals surface area contributed by atoms with E-state index in [1.807, 2.05) is 43.3 Å². The lowest BCUT2D eigenvalue weighted by atomic mass is 10.1. The van der Waals surface area contributed by atoms with Crippen LogP contribution in [0, 0.1) is 11.8 Å². The van der Waals surface area contributed by atoms with Crippen LogP contribution in [0.4, 0.5) is 17.1 Å². The van der Waals surface area contributed by atoms with Gasteiger partial charge in [0.1, 0.15) is 0 Å². The van der Waals surface area contributed by atoms with Gasteiger partial charge in [-0.15, -0.1) is 0 Å². The minimum absolute atomic E-state index is 0.480. The zero-order chi connectivity index (χ0) is 13.0. The number of hydrogen-bond donors (Lipinski definition) is 1. The van der Waals surface area contributed by atoms with Gasteiger partial charge in [0.15, 0.2) is 7.11 Å². The summed E-state index contributed by atoms with van der Waals surface area (Å²) < 4.78 is 0. The predicted octanol–water partition coefficient (Wildman–Crippen LogP) is 3.71. The Labute approximate surface area is 106 Å². The number of nitrogens with zero attached hydrogens (tertiary/aromatic N) is 1. The third-order valence-electron chi connectivity index (χ3n) is 2.64. The van der Waals surface area contributed by atoms with Gasteiger partial charge < -0.3 is 5.32 Å². The van der Waals surface area contributed by atoms with Crippen LogP contribution in [0.5, 0.6) is 0 Å². The molecule has 0 heterocycles. The number of nitrogens with one attached hydrogen (secondary N) is 1. The molecule has 0 fully saturated rings. The van der Waals surface area contributed by atoms with Crippen LogP contribution >= 0.6 is 0 Å². The van der Waals surface area contributed by atoms with Crippen molar-refractivity contribution in [1.29, 1.82) is 0 Å². The molecule has 0 spiro atoms. The van der Waals surface area contributed by atoms with E-state index < -0.39 is 0 Å². The van der Waals surface area contributed by atoms with Gasteiger partial charge in [0.25, 0.3) is 4.92 Å². The summed E-state index contributed by atoms with van der Waals surface area (Å²) in [6.07, 6.45) is 0. The van der Waals surface area contributed by atoms with Crippen molar-refractivity contribution in [2.75, 3.05) is 12.4 Å². The van der Waals surface area contributed by atoms with Crippen LogP contribution in [-0.4, -0.2) is 12.0 Å². The molecule has 4 heteroatoms. The number of para-hydroxylation sites is 1. The number of anilines is 2. The fraction of sp³-hybridized carbons (Fsp3) is 0.143. The topological polar surface area (TPSA) is 41.3 Å². The fourth-order valence-electron chi connectivity index (χ4n) is 1.68. The third-order valence-corrected chi connectivity index (χ3v) is 2.64. The van der Waals surface area contributed by atoms with Gasteiger partial charge in [0, 0.05) is 23.5 Å². The Morgan fingerprint density at radius 2 is 1.83 bits per heavy atom.